The fourth-order valence-corrected chi connectivity index (χ4v) is 4.52. The number of benzene rings is 2. The molecule has 2 aromatic heterocycles. The van der Waals surface area contributed by atoms with Crippen LogP contribution in [0, 0.1) is 5.82 Å². The van der Waals surface area contributed by atoms with E-state index in [0.29, 0.717) is 29.1 Å². The summed E-state index contributed by atoms with van der Waals surface area (Å²) in [6.07, 6.45) is 0. The number of aromatic nitrogens is 2. The van der Waals surface area contributed by atoms with Crippen LogP contribution in [-0.2, 0) is 13.1 Å². The summed E-state index contributed by atoms with van der Waals surface area (Å²) in [6.45, 7) is 3.71. The van der Waals surface area contributed by atoms with Gasteiger partial charge in [-0.25, -0.2) is 9.37 Å². The Morgan fingerprint density at radius 3 is 2.50 bits per heavy atom. The van der Waals surface area contributed by atoms with Crippen molar-refractivity contribution in [1.29, 1.82) is 0 Å². The molecule has 0 aliphatic heterocycles. The van der Waals surface area contributed by atoms with Crippen molar-refractivity contribution in [3.63, 3.8) is 0 Å². The number of thiophene rings is 1. The Morgan fingerprint density at radius 2 is 1.84 bits per heavy atom. The van der Waals surface area contributed by atoms with Crippen LogP contribution in [0.1, 0.15) is 18.3 Å². The van der Waals surface area contributed by atoms with E-state index >= 15 is 0 Å². The fraction of sp³-hybridized carbons (Fsp3) is 0.250. The second-order valence-corrected chi connectivity index (χ2v) is 8.39. The molecule has 0 saturated heterocycles. The summed E-state index contributed by atoms with van der Waals surface area (Å²) >= 11 is 1.42. The highest BCUT2D eigenvalue weighted by Gasteiger charge is 2.14. The van der Waals surface area contributed by atoms with Gasteiger partial charge in [-0.2, -0.15) is 0 Å². The van der Waals surface area contributed by atoms with Crippen LogP contribution < -0.4 is 15.0 Å². The second kappa shape index (κ2) is 9.50. The summed E-state index contributed by atoms with van der Waals surface area (Å²) in [7, 11) is 3.07. The van der Waals surface area contributed by atoms with Crippen LogP contribution in [0.5, 0.6) is 11.5 Å². The van der Waals surface area contributed by atoms with Crippen molar-refractivity contribution in [1.82, 2.24) is 14.9 Å². The first kappa shape index (κ1) is 22.0. The molecule has 0 atom stereocenters. The van der Waals surface area contributed by atoms with Gasteiger partial charge in [-0.3, -0.25) is 9.69 Å². The Kier molecular flexibility index (Phi) is 6.53. The number of aromatic amines is 1. The van der Waals surface area contributed by atoms with Crippen molar-refractivity contribution >= 4 is 21.6 Å². The zero-order chi connectivity index (χ0) is 22.7. The monoisotopic (exact) mass is 453 g/mol. The van der Waals surface area contributed by atoms with Crippen molar-refractivity contribution in [3.8, 4) is 21.9 Å². The maximum Gasteiger partial charge on any atom is 0.268 e. The Labute approximate surface area is 189 Å². The summed E-state index contributed by atoms with van der Waals surface area (Å²) in [6, 6.07) is 14.6. The average molecular weight is 454 g/mol. The number of methoxy groups -OCH3 is 2. The van der Waals surface area contributed by atoms with Gasteiger partial charge in [0.05, 0.1) is 26.3 Å². The molecule has 0 amide bonds. The predicted octanol–water partition coefficient (Wildman–Crippen LogP) is 4.83. The molecule has 0 fully saturated rings. The summed E-state index contributed by atoms with van der Waals surface area (Å²) in [5.74, 6) is 1.19. The zero-order valence-electron chi connectivity index (χ0n) is 18.1. The average Bonchev–Trinajstić information content (AvgIpc) is 3.23. The van der Waals surface area contributed by atoms with E-state index in [1.807, 2.05) is 43.3 Å². The lowest BCUT2D eigenvalue weighted by atomic mass is 10.2. The molecule has 0 aliphatic carbocycles. The maximum absolute atomic E-state index is 14.0. The fourth-order valence-electron chi connectivity index (χ4n) is 3.52. The highest BCUT2D eigenvalue weighted by molar-refractivity contribution is 7.22. The van der Waals surface area contributed by atoms with Crippen LogP contribution >= 0.6 is 11.3 Å². The van der Waals surface area contributed by atoms with Gasteiger partial charge in [0, 0.05) is 11.4 Å². The zero-order valence-corrected chi connectivity index (χ0v) is 19.0. The molecule has 4 rings (SSSR count). The third-order valence-corrected chi connectivity index (χ3v) is 6.42. The van der Waals surface area contributed by atoms with E-state index in [1.54, 1.807) is 13.2 Å². The Balaban J connectivity index is 1.56. The molecule has 4 aromatic rings. The number of ether oxygens (including phenoxy) is 2. The molecule has 166 valence electrons. The standard InChI is InChI=1S/C24H24FN3O3S/c1-4-28(13-15-5-10-20(31-3)18(25)11-15)14-22-26-19-12-21(32-23(19)24(29)27-22)16-6-8-17(30-2)9-7-16/h5-12H,4,13-14H2,1-3H3,(H,26,27,29). The number of rotatable bonds is 8. The van der Waals surface area contributed by atoms with Crippen LogP contribution in [-0.4, -0.2) is 35.6 Å². The summed E-state index contributed by atoms with van der Waals surface area (Å²) in [5.41, 5.74) is 2.35. The first-order chi connectivity index (χ1) is 15.5. The van der Waals surface area contributed by atoms with E-state index in [9.17, 15) is 9.18 Å². The minimum absolute atomic E-state index is 0.152. The number of hydrogen-bond donors (Lipinski definition) is 1. The molecular weight excluding hydrogens is 429 g/mol. The molecule has 2 heterocycles. The van der Waals surface area contributed by atoms with Crippen LogP contribution in [0.25, 0.3) is 20.7 Å². The van der Waals surface area contributed by atoms with Gasteiger partial charge >= 0.3 is 0 Å². The maximum atomic E-state index is 14.0. The van der Waals surface area contributed by atoms with Gasteiger partial charge in [-0.15, -0.1) is 11.3 Å². The van der Waals surface area contributed by atoms with Gasteiger partial charge in [-0.05, 0) is 60.1 Å². The van der Waals surface area contributed by atoms with E-state index in [1.165, 1.54) is 24.5 Å². The highest BCUT2D eigenvalue weighted by Crippen LogP contribution is 2.32. The van der Waals surface area contributed by atoms with Crippen molar-refractivity contribution in [3.05, 3.63) is 76.1 Å². The number of H-pyrrole nitrogens is 1. The minimum Gasteiger partial charge on any atom is -0.497 e. The Morgan fingerprint density at radius 1 is 1.06 bits per heavy atom. The number of halogens is 1. The summed E-state index contributed by atoms with van der Waals surface area (Å²) in [4.78, 5) is 23.3. The third-order valence-electron chi connectivity index (χ3n) is 5.25. The number of nitrogens with one attached hydrogen (secondary N) is 1. The number of nitrogens with zero attached hydrogens (tertiary/aromatic N) is 2. The quantitative estimate of drug-likeness (QED) is 0.414. The lowest BCUT2D eigenvalue weighted by molar-refractivity contribution is 0.264. The van der Waals surface area contributed by atoms with E-state index < -0.39 is 5.82 Å². The van der Waals surface area contributed by atoms with Crippen molar-refractivity contribution < 1.29 is 13.9 Å². The molecule has 2 aromatic carbocycles. The van der Waals surface area contributed by atoms with Gasteiger partial charge in [0.1, 0.15) is 16.3 Å². The van der Waals surface area contributed by atoms with E-state index in [4.69, 9.17) is 9.47 Å². The van der Waals surface area contributed by atoms with E-state index in [-0.39, 0.29) is 11.3 Å². The summed E-state index contributed by atoms with van der Waals surface area (Å²) < 4.78 is 24.8. The van der Waals surface area contributed by atoms with Gasteiger partial charge < -0.3 is 14.5 Å². The van der Waals surface area contributed by atoms with Gasteiger partial charge in [0.25, 0.3) is 5.56 Å². The van der Waals surface area contributed by atoms with Gasteiger partial charge in [0.15, 0.2) is 11.6 Å². The SMILES string of the molecule is CCN(Cc1ccc(OC)c(F)c1)Cc1nc2cc(-c3ccc(OC)cc3)sc2c(=O)[nH]1. The smallest absolute Gasteiger partial charge is 0.268 e. The lowest BCUT2D eigenvalue weighted by Crippen LogP contribution is -2.25. The molecule has 6 nitrogen and oxygen atoms in total. The van der Waals surface area contributed by atoms with Crippen molar-refractivity contribution in [2.24, 2.45) is 0 Å². The molecule has 0 radical (unpaired) electrons. The van der Waals surface area contributed by atoms with Crippen LogP contribution in [0.3, 0.4) is 0 Å². The van der Waals surface area contributed by atoms with E-state index in [0.717, 1.165) is 28.3 Å². The molecule has 8 heteroatoms. The molecule has 1 N–H and O–H groups in total. The van der Waals surface area contributed by atoms with Crippen molar-refractivity contribution in [2.75, 3.05) is 20.8 Å². The second-order valence-electron chi connectivity index (χ2n) is 7.34. The molecule has 32 heavy (non-hydrogen) atoms. The number of fused-ring (bicyclic) bond motifs is 1. The first-order valence-electron chi connectivity index (χ1n) is 10.2. The van der Waals surface area contributed by atoms with Gasteiger partial charge in [0.2, 0.25) is 0 Å². The topological polar surface area (TPSA) is 67.5 Å². The molecular formula is C24H24FN3O3S. The van der Waals surface area contributed by atoms with Crippen LogP contribution in [0.4, 0.5) is 4.39 Å². The lowest BCUT2D eigenvalue weighted by Gasteiger charge is -2.20. The van der Waals surface area contributed by atoms with E-state index in [2.05, 4.69) is 14.9 Å². The highest BCUT2D eigenvalue weighted by atomic mass is 32.1. The normalized spacial score (nSPS) is 11.3. The molecule has 0 spiro atoms. The molecule has 0 unspecified atom stereocenters. The predicted molar refractivity (Wildman–Crippen MR) is 125 cm³/mol. The van der Waals surface area contributed by atoms with Crippen molar-refractivity contribution in [2.45, 2.75) is 20.0 Å². The minimum atomic E-state index is -0.390. The summed E-state index contributed by atoms with van der Waals surface area (Å²) in [5, 5.41) is 0. The Hall–Kier alpha value is -3.23. The third kappa shape index (κ3) is 4.66. The largest absolute Gasteiger partial charge is 0.497 e. The van der Waals surface area contributed by atoms with Crippen LogP contribution in [0.15, 0.2) is 53.3 Å². The first-order valence-corrected chi connectivity index (χ1v) is 11.0. The van der Waals surface area contributed by atoms with Gasteiger partial charge in [-0.1, -0.05) is 13.0 Å². The molecule has 0 bridgehead atoms. The Bertz CT molecular complexity index is 1280. The number of hydrogen-bond acceptors (Lipinski definition) is 6. The molecule has 0 saturated carbocycles. The van der Waals surface area contributed by atoms with Crippen LogP contribution in [0.2, 0.25) is 0 Å². The molecule has 0 aliphatic rings.